The molecule has 0 radical (unpaired) electrons. The summed E-state index contributed by atoms with van der Waals surface area (Å²) >= 11 is 0. The fourth-order valence-corrected chi connectivity index (χ4v) is 9.26. The molecule has 0 heterocycles. The minimum Gasteiger partial charge on any atom is -0.387 e. The lowest BCUT2D eigenvalue weighted by atomic mass is 10.0. The highest BCUT2D eigenvalue weighted by Crippen LogP contribution is 2.43. The van der Waals surface area contributed by atoms with Gasteiger partial charge in [-0.3, -0.25) is 13.8 Å². The number of quaternary nitrogens is 1. The van der Waals surface area contributed by atoms with Gasteiger partial charge in [0.2, 0.25) is 5.91 Å². The van der Waals surface area contributed by atoms with Crippen molar-refractivity contribution in [3.05, 3.63) is 36.5 Å². The SMILES string of the molecule is CCCCCCCCCCCCCC/C=C\CCCCCCCCCCCCC(=O)NC(COP(=O)(O)OCC[N+](C)(C)C)C(O)/C=C/CC/C=C/CCCCCCCCCCCCCCC. The Kier molecular flexibility index (Phi) is 48.7. The molecule has 0 aliphatic rings. The number of phosphoric ester groups is 1. The zero-order valence-corrected chi connectivity index (χ0v) is 46.0. The van der Waals surface area contributed by atoms with E-state index in [1.54, 1.807) is 6.08 Å². The minimum absolute atomic E-state index is 0.0566. The van der Waals surface area contributed by atoms with Gasteiger partial charge in [0, 0.05) is 6.42 Å². The molecule has 3 N–H and O–H groups in total. The Morgan fingerprint density at radius 2 is 0.821 bits per heavy atom. The van der Waals surface area contributed by atoms with Gasteiger partial charge in [0.15, 0.2) is 0 Å². The molecular formula is C58H114N2O6P+. The van der Waals surface area contributed by atoms with Crippen molar-refractivity contribution in [2.45, 2.75) is 289 Å². The predicted molar refractivity (Wildman–Crippen MR) is 291 cm³/mol. The van der Waals surface area contributed by atoms with Gasteiger partial charge in [-0.25, -0.2) is 4.57 Å². The third kappa shape index (κ3) is 52.4. The van der Waals surface area contributed by atoms with Gasteiger partial charge >= 0.3 is 7.82 Å². The molecule has 0 aliphatic heterocycles. The maximum absolute atomic E-state index is 13.0. The average molecular weight is 967 g/mol. The molecule has 0 spiro atoms. The van der Waals surface area contributed by atoms with Crippen molar-refractivity contribution in [1.82, 2.24) is 5.32 Å². The van der Waals surface area contributed by atoms with Gasteiger partial charge in [-0.2, -0.15) is 0 Å². The van der Waals surface area contributed by atoms with Crippen LogP contribution in [0.2, 0.25) is 0 Å². The number of carbonyl (C=O) groups excluding carboxylic acids is 1. The Labute approximate surface area is 417 Å². The molecule has 0 aromatic heterocycles. The Morgan fingerprint density at radius 1 is 0.493 bits per heavy atom. The normalized spacial score (nSPS) is 14.2. The van der Waals surface area contributed by atoms with Gasteiger partial charge in [-0.1, -0.05) is 249 Å². The molecule has 3 unspecified atom stereocenters. The smallest absolute Gasteiger partial charge is 0.387 e. The molecule has 8 nitrogen and oxygen atoms in total. The van der Waals surface area contributed by atoms with Crippen molar-refractivity contribution in [2.75, 3.05) is 40.9 Å². The number of carbonyl (C=O) groups is 1. The zero-order chi connectivity index (χ0) is 49.2. The summed E-state index contributed by atoms with van der Waals surface area (Å²) in [5, 5.41) is 13.9. The average Bonchev–Trinajstić information content (AvgIpc) is 3.29. The highest BCUT2D eigenvalue weighted by atomic mass is 31.2. The van der Waals surface area contributed by atoms with E-state index in [9.17, 15) is 19.4 Å². The van der Waals surface area contributed by atoms with Crippen LogP contribution in [-0.4, -0.2) is 73.4 Å². The first-order valence-corrected chi connectivity index (χ1v) is 30.4. The van der Waals surface area contributed by atoms with Crippen LogP contribution in [-0.2, 0) is 18.4 Å². The fourth-order valence-electron chi connectivity index (χ4n) is 8.53. The molecule has 0 bridgehead atoms. The number of nitrogens with zero attached hydrogens (tertiary/aromatic N) is 1. The molecule has 67 heavy (non-hydrogen) atoms. The summed E-state index contributed by atoms with van der Waals surface area (Å²) < 4.78 is 23.7. The van der Waals surface area contributed by atoms with E-state index in [2.05, 4.69) is 43.5 Å². The van der Waals surface area contributed by atoms with E-state index in [1.807, 2.05) is 27.2 Å². The maximum atomic E-state index is 13.0. The lowest BCUT2D eigenvalue weighted by Crippen LogP contribution is -2.45. The molecule has 3 atom stereocenters. The number of unbranched alkanes of at least 4 members (excludes halogenated alkanes) is 36. The van der Waals surface area contributed by atoms with E-state index in [0.717, 1.165) is 38.5 Å². The van der Waals surface area contributed by atoms with Crippen LogP contribution < -0.4 is 5.32 Å². The minimum atomic E-state index is -4.35. The standard InChI is InChI=1S/C58H113N2O6P/c1-6-8-10-12-14-16-18-20-22-24-26-27-28-29-30-31-32-34-36-38-40-42-44-46-48-50-52-58(62)59-56(55-66-67(63,64)65-54-53-60(3,4)5)57(61)51-49-47-45-43-41-39-37-35-33-25-23-21-19-17-15-13-11-9-7-2/h29-30,41,43,49,51,56-57,61H,6-28,31-40,42,44-48,50,52-55H2,1-5H3,(H-,59,62,63,64)/p+1/b30-29-,43-41+,51-49+. The van der Waals surface area contributed by atoms with Gasteiger partial charge < -0.3 is 19.8 Å². The second-order valence-electron chi connectivity index (χ2n) is 21.0. The van der Waals surface area contributed by atoms with Crippen LogP contribution in [0.25, 0.3) is 0 Å². The fraction of sp³-hybridized carbons (Fsp3) is 0.879. The van der Waals surface area contributed by atoms with Crippen molar-refractivity contribution in [3.63, 3.8) is 0 Å². The van der Waals surface area contributed by atoms with E-state index >= 15 is 0 Å². The first kappa shape index (κ1) is 65.7. The van der Waals surface area contributed by atoms with Gasteiger partial charge in [0.1, 0.15) is 13.2 Å². The number of allylic oxidation sites excluding steroid dienone is 5. The number of nitrogens with one attached hydrogen (secondary N) is 1. The molecule has 0 saturated carbocycles. The van der Waals surface area contributed by atoms with Gasteiger partial charge in [-0.05, 0) is 57.8 Å². The van der Waals surface area contributed by atoms with Crippen LogP contribution in [0, 0.1) is 0 Å². The molecule has 0 aromatic carbocycles. The molecule has 0 rings (SSSR count). The molecule has 0 aliphatic carbocycles. The number of rotatable bonds is 53. The van der Waals surface area contributed by atoms with Crippen molar-refractivity contribution >= 4 is 13.7 Å². The topological polar surface area (TPSA) is 105 Å². The molecule has 396 valence electrons. The van der Waals surface area contributed by atoms with E-state index in [4.69, 9.17) is 9.05 Å². The third-order valence-electron chi connectivity index (χ3n) is 13.1. The number of phosphoric acid groups is 1. The Hall–Kier alpha value is -1.28. The zero-order valence-electron chi connectivity index (χ0n) is 45.2. The summed E-state index contributed by atoms with van der Waals surface area (Å²) in [6.07, 6.45) is 63.9. The molecule has 0 fully saturated rings. The van der Waals surface area contributed by atoms with Gasteiger partial charge in [0.05, 0.1) is 39.9 Å². The van der Waals surface area contributed by atoms with Crippen LogP contribution in [0.3, 0.4) is 0 Å². The van der Waals surface area contributed by atoms with Crippen LogP contribution in [0.5, 0.6) is 0 Å². The van der Waals surface area contributed by atoms with Crippen LogP contribution in [0.1, 0.15) is 277 Å². The highest BCUT2D eigenvalue weighted by molar-refractivity contribution is 7.47. The van der Waals surface area contributed by atoms with Crippen molar-refractivity contribution in [2.24, 2.45) is 0 Å². The summed E-state index contributed by atoms with van der Waals surface area (Å²) in [5.74, 6) is -0.185. The highest BCUT2D eigenvalue weighted by Gasteiger charge is 2.27. The number of hydrogen-bond donors (Lipinski definition) is 3. The summed E-state index contributed by atoms with van der Waals surface area (Å²) in [6, 6.07) is -0.864. The van der Waals surface area contributed by atoms with Crippen molar-refractivity contribution < 1.29 is 32.9 Å². The third-order valence-corrected chi connectivity index (χ3v) is 14.1. The van der Waals surface area contributed by atoms with E-state index in [-0.39, 0.29) is 19.1 Å². The van der Waals surface area contributed by atoms with Gasteiger partial charge in [-0.15, -0.1) is 0 Å². The maximum Gasteiger partial charge on any atom is 0.472 e. The van der Waals surface area contributed by atoms with E-state index in [1.165, 1.54) is 218 Å². The molecular weight excluding hydrogens is 852 g/mol. The lowest BCUT2D eigenvalue weighted by molar-refractivity contribution is -0.870. The second kappa shape index (κ2) is 49.7. The predicted octanol–water partition coefficient (Wildman–Crippen LogP) is 17.4. The molecule has 1 amide bonds. The Bertz CT molecular complexity index is 1190. The summed E-state index contributed by atoms with van der Waals surface area (Å²) in [7, 11) is 1.56. The second-order valence-corrected chi connectivity index (χ2v) is 22.5. The number of hydrogen-bond acceptors (Lipinski definition) is 5. The van der Waals surface area contributed by atoms with E-state index < -0.39 is 20.0 Å². The number of aliphatic hydroxyl groups is 1. The van der Waals surface area contributed by atoms with Gasteiger partial charge in [0.25, 0.3) is 0 Å². The largest absolute Gasteiger partial charge is 0.472 e. The Morgan fingerprint density at radius 3 is 1.19 bits per heavy atom. The van der Waals surface area contributed by atoms with Crippen LogP contribution >= 0.6 is 7.82 Å². The van der Waals surface area contributed by atoms with Crippen molar-refractivity contribution in [1.29, 1.82) is 0 Å². The molecule has 9 heteroatoms. The van der Waals surface area contributed by atoms with Crippen LogP contribution in [0.15, 0.2) is 36.5 Å². The molecule has 0 aromatic rings. The first-order chi connectivity index (χ1) is 32.5. The monoisotopic (exact) mass is 966 g/mol. The Balaban J connectivity index is 4.22. The number of aliphatic hydroxyl groups excluding tert-OH is 1. The quantitative estimate of drug-likeness (QED) is 0.0243. The number of amides is 1. The molecule has 0 saturated heterocycles. The van der Waals surface area contributed by atoms with Crippen molar-refractivity contribution in [3.8, 4) is 0 Å². The summed E-state index contributed by atoms with van der Waals surface area (Å²) in [6.45, 7) is 4.83. The van der Waals surface area contributed by atoms with Crippen LogP contribution in [0.4, 0.5) is 0 Å². The summed E-state index contributed by atoms with van der Waals surface area (Å²) in [5.41, 5.74) is 0. The summed E-state index contributed by atoms with van der Waals surface area (Å²) in [4.78, 5) is 23.3. The number of likely N-dealkylation sites (N-methyl/N-ethyl adjacent to an activating group) is 1. The first-order valence-electron chi connectivity index (χ1n) is 28.9. The lowest BCUT2D eigenvalue weighted by Gasteiger charge is -2.25. The van der Waals surface area contributed by atoms with E-state index in [0.29, 0.717) is 17.4 Å².